The summed E-state index contributed by atoms with van der Waals surface area (Å²) in [4.78, 5) is 13.5. The number of hydrogen-bond donors (Lipinski definition) is 2. The minimum absolute atomic E-state index is 0.0434. The fraction of sp³-hybridized carbons (Fsp3) is 0.467. The van der Waals surface area contributed by atoms with E-state index in [0.29, 0.717) is 6.54 Å². The van der Waals surface area contributed by atoms with E-state index in [0.717, 1.165) is 22.0 Å². The van der Waals surface area contributed by atoms with Gasteiger partial charge in [0.05, 0.1) is 24.9 Å². The predicted octanol–water partition coefficient (Wildman–Crippen LogP) is 2.42. The normalized spacial score (nSPS) is 11.7. The average Bonchev–Trinajstić information content (AvgIpc) is 2.86. The van der Waals surface area contributed by atoms with Gasteiger partial charge in [0, 0.05) is 12.4 Å². The van der Waals surface area contributed by atoms with E-state index in [2.05, 4.69) is 10.2 Å². The number of carbonyl (C=O) groups excluding carboxylic acids is 1. The van der Waals surface area contributed by atoms with E-state index in [1.165, 1.54) is 4.90 Å². The number of aliphatic hydroxyl groups excluding tert-OH is 1. The van der Waals surface area contributed by atoms with Crippen molar-refractivity contribution in [2.75, 3.05) is 7.05 Å². The van der Waals surface area contributed by atoms with Crippen molar-refractivity contribution in [3.8, 4) is 0 Å². The molecule has 1 aromatic heterocycles. The summed E-state index contributed by atoms with van der Waals surface area (Å²) in [7, 11) is 1.69. The van der Waals surface area contributed by atoms with Crippen LogP contribution in [0.5, 0.6) is 0 Å². The number of carbonyl (C=O) groups is 1. The smallest absolute Gasteiger partial charge is 0.410 e. The van der Waals surface area contributed by atoms with Crippen LogP contribution in [0.2, 0.25) is 0 Å². The van der Waals surface area contributed by atoms with E-state index in [1.807, 2.05) is 32.9 Å². The summed E-state index contributed by atoms with van der Waals surface area (Å²) in [6.45, 7) is 5.86. The Kier molecular flexibility index (Phi) is 4.18. The molecule has 1 aromatic carbocycles. The molecule has 0 aliphatic heterocycles. The van der Waals surface area contributed by atoms with Crippen molar-refractivity contribution >= 4 is 17.0 Å². The third kappa shape index (κ3) is 3.52. The van der Waals surface area contributed by atoms with Gasteiger partial charge in [-0.1, -0.05) is 12.1 Å². The van der Waals surface area contributed by atoms with Gasteiger partial charge < -0.3 is 14.7 Å². The van der Waals surface area contributed by atoms with Gasteiger partial charge in [-0.25, -0.2) is 4.79 Å². The molecule has 6 heteroatoms. The predicted molar refractivity (Wildman–Crippen MR) is 79.7 cm³/mol. The minimum Gasteiger partial charge on any atom is -0.444 e. The average molecular weight is 291 g/mol. The highest BCUT2D eigenvalue weighted by atomic mass is 16.6. The van der Waals surface area contributed by atoms with Gasteiger partial charge in [0.15, 0.2) is 0 Å². The van der Waals surface area contributed by atoms with Gasteiger partial charge in [-0.2, -0.15) is 5.10 Å². The monoisotopic (exact) mass is 291 g/mol. The van der Waals surface area contributed by atoms with Crippen LogP contribution in [-0.2, 0) is 17.9 Å². The molecule has 114 valence electrons. The molecule has 0 aliphatic rings. The Morgan fingerprint density at radius 1 is 1.38 bits per heavy atom. The second-order valence-electron chi connectivity index (χ2n) is 6.04. The standard InChI is InChI=1S/C15H21N3O3/c1-15(2,3)21-14(20)18(4)8-10-5-6-11(9-19)12-7-16-17-13(10)12/h5-7,19H,8-9H2,1-4H3,(H,16,17). The molecule has 0 bridgehead atoms. The second-order valence-corrected chi connectivity index (χ2v) is 6.04. The largest absolute Gasteiger partial charge is 0.444 e. The third-order valence-electron chi connectivity index (χ3n) is 3.08. The van der Waals surface area contributed by atoms with Crippen molar-refractivity contribution in [1.82, 2.24) is 15.1 Å². The van der Waals surface area contributed by atoms with E-state index in [1.54, 1.807) is 13.2 Å². The van der Waals surface area contributed by atoms with Crippen LogP contribution >= 0.6 is 0 Å². The van der Waals surface area contributed by atoms with Crippen LogP contribution in [0.4, 0.5) is 4.79 Å². The highest BCUT2D eigenvalue weighted by molar-refractivity contribution is 5.85. The Bertz CT molecular complexity index is 643. The number of amides is 1. The first-order chi connectivity index (χ1) is 9.81. The lowest BCUT2D eigenvalue weighted by Gasteiger charge is -2.24. The Morgan fingerprint density at radius 2 is 2.05 bits per heavy atom. The Morgan fingerprint density at radius 3 is 2.67 bits per heavy atom. The molecule has 2 N–H and O–H groups in total. The number of nitrogens with zero attached hydrogens (tertiary/aromatic N) is 2. The van der Waals surface area contributed by atoms with Crippen molar-refractivity contribution in [3.05, 3.63) is 29.5 Å². The number of nitrogens with one attached hydrogen (secondary N) is 1. The van der Waals surface area contributed by atoms with Gasteiger partial charge in [-0.3, -0.25) is 5.10 Å². The van der Waals surface area contributed by atoms with E-state index in [-0.39, 0.29) is 12.7 Å². The van der Waals surface area contributed by atoms with Gasteiger partial charge in [-0.05, 0) is 31.9 Å². The van der Waals surface area contributed by atoms with Gasteiger partial charge in [0.2, 0.25) is 0 Å². The van der Waals surface area contributed by atoms with Crippen LogP contribution in [0.1, 0.15) is 31.9 Å². The molecule has 0 saturated carbocycles. The van der Waals surface area contributed by atoms with Crippen molar-refractivity contribution in [2.45, 2.75) is 39.5 Å². The summed E-state index contributed by atoms with van der Waals surface area (Å²) in [6, 6.07) is 3.73. The first-order valence-electron chi connectivity index (χ1n) is 6.80. The van der Waals surface area contributed by atoms with Crippen LogP contribution in [-0.4, -0.2) is 38.9 Å². The van der Waals surface area contributed by atoms with Crippen molar-refractivity contribution in [2.24, 2.45) is 0 Å². The lowest BCUT2D eigenvalue weighted by atomic mass is 10.1. The number of rotatable bonds is 3. The maximum atomic E-state index is 12.0. The molecule has 0 saturated heterocycles. The van der Waals surface area contributed by atoms with Crippen LogP contribution in [0.25, 0.3) is 10.9 Å². The van der Waals surface area contributed by atoms with Crippen LogP contribution in [0, 0.1) is 0 Å². The molecule has 0 unspecified atom stereocenters. The first kappa shape index (κ1) is 15.3. The van der Waals surface area contributed by atoms with Crippen molar-refractivity contribution < 1.29 is 14.6 Å². The van der Waals surface area contributed by atoms with Gasteiger partial charge in [0.1, 0.15) is 5.60 Å². The van der Waals surface area contributed by atoms with E-state index >= 15 is 0 Å². The SMILES string of the molecule is CN(Cc1ccc(CO)c2cn[nH]c12)C(=O)OC(C)(C)C. The summed E-state index contributed by atoms with van der Waals surface area (Å²) < 4.78 is 5.33. The highest BCUT2D eigenvalue weighted by Crippen LogP contribution is 2.22. The molecule has 1 heterocycles. The fourth-order valence-electron chi connectivity index (χ4n) is 2.08. The fourth-order valence-corrected chi connectivity index (χ4v) is 2.08. The topological polar surface area (TPSA) is 78.5 Å². The molecular formula is C15H21N3O3. The Labute approximate surface area is 123 Å². The summed E-state index contributed by atoms with van der Waals surface area (Å²) in [5.74, 6) is 0. The minimum atomic E-state index is -0.518. The van der Waals surface area contributed by atoms with Gasteiger partial charge in [0.25, 0.3) is 0 Å². The van der Waals surface area contributed by atoms with Crippen LogP contribution in [0.15, 0.2) is 18.3 Å². The first-order valence-corrected chi connectivity index (χ1v) is 6.80. The molecule has 0 radical (unpaired) electrons. The lowest BCUT2D eigenvalue weighted by molar-refractivity contribution is 0.0285. The Hall–Kier alpha value is -2.08. The molecule has 0 fully saturated rings. The quantitative estimate of drug-likeness (QED) is 0.910. The third-order valence-corrected chi connectivity index (χ3v) is 3.08. The summed E-state index contributed by atoms with van der Waals surface area (Å²) >= 11 is 0. The maximum absolute atomic E-state index is 12.0. The number of aromatic nitrogens is 2. The molecular weight excluding hydrogens is 270 g/mol. The summed E-state index contributed by atoms with van der Waals surface area (Å²) in [5, 5.41) is 17.1. The molecule has 0 aliphatic carbocycles. The number of aromatic amines is 1. The Balaban J connectivity index is 2.20. The highest BCUT2D eigenvalue weighted by Gasteiger charge is 2.20. The molecule has 0 atom stereocenters. The molecule has 1 amide bonds. The second kappa shape index (κ2) is 5.73. The summed E-state index contributed by atoms with van der Waals surface area (Å²) in [5.41, 5.74) is 2.04. The van der Waals surface area contributed by atoms with E-state index < -0.39 is 5.60 Å². The number of benzene rings is 1. The molecule has 2 aromatic rings. The molecule has 2 rings (SSSR count). The maximum Gasteiger partial charge on any atom is 0.410 e. The molecule has 21 heavy (non-hydrogen) atoms. The van der Waals surface area contributed by atoms with E-state index in [4.69, 9.17) is 4.74 Å². The molecule has 6 nitrogen and oxygen atoms in total. The zero-order valence-electron chi connectivity index (χ0n) is 12.8. The number of ether oxygens (including phenoxy) is 1. The number of hydrogen-bond acceptors (Lipinski definition) is 4. The van der Waals surface area contributed by atoms with E-state index in [9.17, 15) is 9.90 Å². The summed E-state index contributed by atoms with van der Waals surface area (Å²) in [6.07, 6.45) is 1.30. The zero-order chi connectivity index (χ0) is 15.6. The number of aliphatic hydroxyl groups is 1. The van der Waals surface area contributed by atoms with Gasteiger partial charge in [-0.15, -0.1) is 0 Å². The number of H-pyrrole nitrogens is 1. The molecule has 0 spiro atoms. The van der Waals surface area contributed by atoms with Crippen LogP contribution in [0.3, 0.4) is 0 Å². The van der Waals surface area contributed by atoms with Crippen molar-refractivity contribution in [1.29, 1.82) is 0 Å². The van der Waals surface area contributed by atoms with Crippen LogP contribution < -0.4 is 0 Å². The zero-order valence-corrected chi connectivity index (χ0v) is 12.8. The lowest BCUT2D eigenvalue weighted by Crippen LogP contribution is -2.33. The number of fused-ring (bicyclic) bond motifs is 1. The van der Waals surface area contributed by atoms with Crippen molar-refractivity contribution in [3.63, 3.8) is 0 Å². The van der Waals surface area contributed by atoms with Gasteiger partial charge >= 0.3 is 6.09 Å².